The fourth-order valence-corrected chi connectivity index (χ4v) is 3.61. The minimum Gasteiger partial charge on any atom is -0.493 e. The maximum Gasteiger partial charge on any atom is 0.401 e. The number of amides is 2. The Kier molecular flexibility index (Phi) is 9.54. The van der Waals surface area contributed by atoms with Crippen LogP contribution in [0, 0.1) is 18.7 Å². The molecule has 0 fully saturated rings. The highest BCUT2D eigenvalue weighted by atomic mass is 19.4. The zero-order valence-corrected chi connectivity index (χ0v) is 19.6. The predicted octanol–water partition coefficient (Wildman–Crippen LogP) is 2.01. The number of nitrogens with two attached hydrogens (primary N) is 1. The molecule has 0 aromatic heterocycles. The summed E-state index contributed by atoms with van der Waals surface area (Å²) in [4.78, 5) is 36.5. The number of halogens is 4. The van der Waals surface area contributed by atoms with Gasteiger partial charge in [0.15, 0.2) is 0 Å². The third kappa shape index (κ3) is 7.25. The van der Waals surface area contributed by atoms with Gasteiger partial charge in [0, 0.05) is 17.7 Å². The summed E-state index contributed by atoms with van der Waals surface area (Å²) in [5, 5.41) is 14.7. The number of ether oxygens (including phenoxy) is 1. The molecule has 196 valence electrons. The van der Waals surface area contributed by atoms with E-state index in [1.165, 1.54) is 36.4 Å². The number of hydrogen-bond acceptors (Lipinski definition) is 6. The van der Waals surface area contributed by atoms with Crippen LogP contribution in [0.1, 0.15) is 28.4 Å². The second-order valence-electron chi connectivity index (χ2n) is 8.24. The van der Waals surface area contributed by atoms with Gasteiger partial charge in [0.05, 0.1) is 12.6 Å². The highest BCUT2D eigenvalue weighted by Crippen LogP contribution is 2.27. The molecule has 2 rings (SSSR count). The Hall–Kier alpha value is -3.51. The normalized spacial score (nSPS) is 14.9. The van der Waals surface area contributed by atoms with E-state index in [9.17, 15) is 37.1 Å². The number of benzene rings is 2. The third-order valence-electron chi connectivity index (χ3n) is 5.61. The van der Waals surface area contributed by atoms with Crippen molar-refractivity contribution < 1.29 is 41.8 Å². The van der Waals surface area contributed by atoms with Gasteiger partial charge in [0.25, 0.3) is 0 Å². The Balaban J connectivity index is 2.40. The Labute approximate surface area is 204 Å². The number of hydrogen-bond donors (Lipinski definition) is 4. The van der Waals surface area contributed by atoms with E-state index in [1.807, 2.05) is 5.32 Å². The van der Waals surface area contributed by atoms with Gasteiger partial charge in [0.1, 0.15) is 35.9 Å². The van der Waals surface area contributed by atoms with Crippen molar-refractivity contribution in [2.45, 2.75) is 38.2 Å². The number of aryl methyl sites for hydroxylation is 1. The van der Waals surface area contributed by atoms with E-state index in [-0.39, 0.29) is 17.9 Å². The average molecular weight is 513 g/mol. The molecular formula is C24H27F4N3O5. The summed E-state index contributed by atoms with van der Waals surface area (Å²) in [7, 11) is 0. The van der Waals surface area contributed by atoms with Crippen LogP contribution in [0.4, 0.5) is 17.6 Å². The van der Waals surface area contributed by atoms with E-state index in [2.05, 4.69) is 5.32 Å². The smallest absolute Gasteiger partial charge is 0.401 e. The first-order valence-corrected chi connectivity index (χ1v) is 10.8. The van der Waals surface area contributed by atoms with Gasteiger partial charge in [-0.15, -0.1) is 0 Å². The molecule has 0 aliphatic rings. The molecule has 3 atom stereocenters. The van der Waals surface area contributed by atoms with E-state index < -0.39 is 54.5 Å². The van der Waals surface area contributed by atoms with Gasteiger partial charge in [-0.1, -0.05) is 12.1 Å². The number of rotatable bonds is 12. The number of alkyl halides is 3. The van der Waals surface area contributed by atoms with E-state index in [4.69, 9.17) is 10.5 Å². The molecule has 0 spiro atoms. The van der Waals surface area contributed by atoms with Gasteiger partial charge in [-0.2, -0.15) is 13.2 Å². The molecule has 0 aliphatic heterocycles. The zero-order valence-electron chi connectivity index (χ0n) is 19.6. The molecule has 2 aromatic rings. The fourth-order valence-electron chi connectivity index (χ4n) is 3.61. The van der Waals surface area contributed by atoms with E-state index in [0.29, 0.717) is 17.4 Å². The van der Waals surface area contributed by atoms with E-state index in [0.717, 1.165) is 6.92 Å². The second-order valence-corrected chi connectivity index (χ2v) is 8.24. The first-order chi connectivity index (χ1) is 16.8. The monoisotopic (exact) mass is 513 g/mol. The lowest BCUT2D eigenvalue weighted by atomic mass is 9.78. The lowest BCUT2D eigenvalue weighted by Crippen LogP contribution is -2.71. The van der Waals surface area contributed by atoms with Gasteiger partial charge in [-0.05, 0) is 49.7 Å². The van der Waals surface area contributed by atoms with Crippen LogP contribution in [0.3, 0.4) is 0 Å². The van der Waals surface area contributed by atoms with Crippen molar-refractivity contribution in [3.8, 4) is 5.75 Å². The van der Waals surface area contributed by atoms with Crippen LogP contribution in [-0.2, 0) is 16.1 Å². The molecule has 5 N–H and O–H groups in total. The number of aliphatic hydroxyl groups excluding tert-OH is 1. The maximum absolute atomic E-state index is 14.2. The van der Waals surface area contributed by atoms with Crippen LogP contribution >= 0.6 is 0 Å². The van der Waals surface area contributed by atoms with Gasteiger partial charge in [-0.25, -0.2) is 4.39 Å². The Bertz CT molecular complexity index is 1080. The molecule has 2 unspecified atom stereocenters. The summed E-state index contributed by atoms with van der Waals surface area (Å²) >= 11 is 0. The highest BCUT2D eigenvalue weighted by Gasteiger charge is 2.53. The van der Waals surface area contributed by atoms with Gasteiger partial charge in [0.2, 0.25) is 11.8 Å². The van der Waals surface area contributed by atoms with E-state index in [1.54, 1.807) is 13.0 Å². The Morgan fingerprint density at radius 2 is 1.81 bits per heavy atom. The van der Waals surface area contributed by atoms with Crippen LogP contribution in [0.15, 0.2) is 42.5 Å². The summed E-state index contributed by atoms with van der Waals surface area (Å²) in [6.45, 7) is -0.125. The minimum absolute atomic E-state index is 0.0862. The van der Waals surface area contributed by atoms with Crippen molar-refractivity contribution >= 4 is 18.1 Å². The molecule has 0 saturated heterocycles. The van der Waals surface area contributed by atoms with Crippen molar-refractivity contribution in [3.63, 3.8) is 0 Å². The molecule has 0 bridgehead atoms. The van der Waals surface area contributed by atoms with Crippen LogP contribution in [0.2, 0.25) is 0 Å². The quantitative estimate of drug-likeness (QED) is 0.254. The number of carbonyl (C=O) groups excluding carboxylic acids is 3. The second kappa shape index (κ2) is 12.0. The first-order valence-electron chi connectivity index (χ1n) is 10.8. The molecular weight excluding hydrogens is 486 g/mol. The average Bonchev–Trinajstić information content (AvgIpc) is 2.79. The molecule has 0 radical (unpaired) electrons. The van der Waals surface area contributed by atoms with Gasteiger partial charge >= 0.3 is 6.18 Å². The summed E-state index contributed by atoms with van der Waals surface area (Å²) in [6, 6.07) is 9.80. The predicted molar refractivity (Wildman–Crippen MR) is 121 cm³/mol. The van der Waals surface area contributed by atoms with Crippen LogP contribution in [-0.4, -0.2) is 54.2 Å². The van der Waals surface area contributed by atoms with Gasteiger partial charge in [-0.3, -0.25) is 19.7 Å². The zero-order chi connectivity index (χ0) is 27.1. The van der Waals surface area contributed by atoms with Crippen molar-refractivity contribution in [1.29, 1.82) is 0 Å². The molecule has 0 aliphatic carbocycles. The number of aldehydes is 1. The Morgan fingerprint density at radius 3 is 2.31 bits per heavy atom. The topological polar surface area (TPSA) is 131 Å². The number of aliphatic hydroxyl groups is 1. The summed E-state index contributed by atoms with van der Waals surface area (Å²) in [6.07, 6.45) is -6.10. The molecule has 2 amide bonds. The van der Waals surface area contributed by atoms with Crippen molar-refractivity contribution in [2.24, 2.45) is 11.7 Å². The third-order valence-corrected chi connectivity index (χ3v) is 5.61. The lowest BCUT2D eigenvalue weighted by molar-refractivity contribution is -0.153. The molecule has 36 heavy (non-hydrogen) atoms. The summed E-state index contributed by atoms with van der Waals surface area (Å²) < 4.78 is 58.9. The highest BCUT2D eigenvalue weighted by molar-refractivity contribution is 5.93. The largest absolute Gasteiger partial charge is 0.493 e. The molecule has 0 heterocycles. The molecule has 12 heteroatoms. The first kappa shape index (κ1) is 28.7. The standard InChI is InChI=1S/C24H27F4N3O5/c1-14-3-6-17(20(25)9-14)10-30-21(34)19(12-36-18-7-4-16(11-32)5-8-18)24(15(2)33,22(29)35)31-13-23(26,27)28/h3-9,11,15,19,31,33H,10,12-13H2,1-2H3,(H2,29,35)(H,30,34)/t15?,19-,24?/m0/s1. The van der Waals surface area contributed by atoms with Crippen molar-refractivity contribution in [1.82, 2.24) is 10.6 Å². The Morgan fingerprint density at radius 1 is 1.17 bits per heavy atom. The van der Waals surface area contributed by atoms with Crippen molar-refractivity contribution in [2.75, 3.05) is 13.2 Å². The van der Waals surface area contributed by atoms with Crippen LogP contribution in [0.25, 0.3) is 0 Å². The summed E-state index contributed by atoms with van der Waals surface area (Å²) in [5.41, 5.74) is 3.87. The number of nitrogens with one attached hydrogen (secondary N) is 2. The van der Waals surface area contributed by atoms with Crippen LogP contribution < -0.4 is 21.1 Å². The van der Waals surface area contributed by atoms with E-state index >= 15 is 0 Å². The molecule has 2 aromatic carbocycles. The minimum atomic E-state index is -4.81. The summed E-state index contributed by atoms with van der Waals surface area (Å²) in [5.74, 6) is -4.72. The van der Waals surface area contributed by atoms with Crippen LogP contribution in [0.5, 0.6) is 5.75 Å². The molecule has 0 saturated carbocycles. The maximum atomic E-state index is 14.2. The lowest BCUT2D eigenvalue weighted by Gasteiger charge is -2.40. The molecule has 8 nitrogen and oxygen atoms in total. The van der Waals surface area contributed by atoms with Crippen molar-refractivity contribution in [3.05, 3.63) is 65.0 Å². The SMILES string of the molecule is Cc1ccc(CNC(=O)[C@H](COc2ccc(C=O)cc2)C(NCC(F)(F)F)(C(N)=O)C(C)O)c(F)c1. The fraction of sp³-hybridized carbons (Fsp3) is 0.375. The van der Waals surface area contributed by atoms with Gasteiger partial charge < -0.3 is 20.9 Å². The number of carbonyl (C=O) groups is 3. The number of primary amides is 1.